The highest BCUT2D eigenvalue weighted by atomic mass is 35.5. The van der Waals surface area contributed by atoms with Crippen LogP contribution in [0.25, 0.3) is 0 Å². The molecule has 0 radical (unpaired) electrons. The van der Waals surface area contributed by atoms with Crippen LogP contribution in [-0.2, 0) is 14.5 Å². The molecule has 0 aliphatic carbocycles. The molecule has 2 N–H and O–H groups in total. The quantitative estimate of drug-likeness (QED) is 0.814. The van der Waals surface area contributed by atoms with Crippen LogP contribution in [0.4, 0.5) is 5.69 Å². The highest BCUT2D eigenvalue weighted by molar-refractivity contribution is 8.02. The number of carbonyl (C=O) groups is 3. The number of hydrogen-bond acceptors (Lipinski definition) is 5. The van der Waals surface area contributed by atoms with Crippen molar-refractivity contribution >= 4 is 46.8 Å². The highest BCUT2D eigenvalue weighted by Crippen LogP contribution is 2.53. The number of rotatable bonds is 3. The van der Waals surface area contributed by atoms with Crippen molar-refractivity contribution in [3.63, 3.8) is 0 Å². The van der Waals surface area contributed by atoms with E-state index in [1.807, 2.05) is 0 Å². The first kappa shape index (κ1) is 17.8. The number of anilines is 1. The molecule has 27 heavy (non-hydrogen) atoms. The lowest BCUT2D eigenvalue weighted by atomic mass is 10.1. The molecule has 0 aromatic heterocycles. The van der Waals surface area contributed by atoms with Gasteiger partial charge in [0.2, 0.25) is 4.87 Å². The molecule has 9 heteroatoms. The number of amides is 3. The molecular weight excluding hydrogens is 390 g/mol. The summed E-state index contributed by atoms with van der Waals surface area (Å²) in [7, 11) is 0. The Kier molecular flexibility index (Phi) is 4.33. The van der Waals surface area contributed by atoms with Crippen molar-refractivity contribution in [2.24, 2.45) is 0 Å². The average Bonchev–Trinajstić information content (AvgIpc) is 3.12. The van der Waals surface area contributed by atoms with E-state index in [9.17, 15) is 19.5 Å². The topological polar surface area (TPSA) is 90.0 Å². The van der Waals surface area contributed by atoms with Crippen LogP contribution in [0, 0.1) is 0 Å². The number of hydrogen-bond donors (Lipinski definition) is 2. The molecule has 1 spiro atoms. The van der Waals surface area contributed by atoms with E-state index in [1.54, 1.807) is 42.5 Å². The predicted octanol–water partition coefficient (Wildman–Crippen LogP) is 1.71. The molecule has 1 unspecified atom stereocenters. The van der Waals surface area contributed by atoms with Gasteiger partial charge in [0.25, 0.3) is 17.7 Å². The summed E-state index contributed by atoms with van der Waals surface area (Å²) in [6.45, 7) is -0.529. The fraction of sp³-hybridized carbons (Fsp3) is 0.167. The SMILES string of the molecule is O=C(NN1C(=O)CSC12C(=O)N(CO)c1ccccc12)c1ccccc1Cl. The molecule has 2 aliphatic heterocycles. The summed E-state index contributed by atoms with van der Waals surface area (Å²) in [5, 5.41) is 11.0. The molecule has 3 amide bonds. The maximum atomic E-state index is 13.1. The first-order valence-corrected chi connectivity index (χ1v) is 9.42. The number of fused-ring (bicyclic) bond motifs is 2. The monoisotopic (exact) mass is 403 g/mol. The van der Waals surface area contributed by atoms with Crippen molar-refractivity contribution in [2.45, 2.75) is 4.87 Å². The van der Waals surface area contributed by atoms with E-state index in [4.69, 9.17) is 11.6 Å². The molecular formula is C18H14ClN3O4S. The van der Waals surface area contributed by atoms with Crippen molar-refractivity contribution in [3.05, 3.63) is 64.7 Å². The van der Waals surface area contributed by atoms with Gasteiger partial charge in [-0.3, -0.25) is 24.7 Å². The third-order valence-corrected chi connectivity index (χ3v) is 6.25. The van der Waals surface area contributed by atoms with E-state index in [-0.39, 0.29) is 16.3 Å². The van der Waals surface area contributed by atoms with Gasteiger partial charge in [0.05, 0.1) is 22.0 Å². The van der Waals surface area contributed by atoms with Crippen LogP contribution < -0.4 is 10.3 Å². The number of aliphatic hydroxyl groups is 1. The number of halogens is 1. The van der Waals surface area contributed by atoms with Gasteiger partial charge in [-0.2, -0.15) is 0 Å². The fourth-order valence-corrected chi connectivity index (χ4v) is 4.84. The van der Waals surface area contributed by atoms with E-state index >= 15 is 0 Å². The van der Waals surface area contributed by atoms with Gasteiger partial charge in [0.15, 0.2) is 0 Å². The zero-order valence-electron chi connectivity index (χ0n) is 13.9. The number of para-hydroxylation sites is 1. The minimum atomic E-state index is -1.45. The number of carbonyl (C=O) groups excluding carboxylic acids is 3. The Morgan fingerprint density at radius 1 is 1.19 bits per heavy atom. The van der Waals surface area contributed by atoms with Crippen LogP contribution in [0.5, 0.6) is 0 Å². The lowest BCUT2D eigenvalue weighted by Gasteiger charge is -2.32. The van der Waals surface area contributed by atoms with Gasteiger partial charge in [-0.05, 0) is 18.2 Å². The molecule has 2 aliphatic rings. The second-order valence-electron chi connectivity index (χ2n) is 5.97. The number of nitrogens with one attached hydrogen (secondary N) is 1. The third kappa shape index (κ3) is 2.52. The van der Waals surface area contributed by atoms with Gasteiger partial charge < -0.3 is 5.11 Å². The maximum Gasteiger partial charge on any atom is 0.272 e. The Balaban J connectivity index is 1.77. The molecule has 7 nitrogen and oxygen atoms in total. The maximum absolute atomic E-state index is 13.1. The lowest BCUT2D eigenvalue weighted by molar-refractivity contribution is -0.140. The van der Waals surface area contributed by atoms with Crippen LogP contribution in [0.15, 0.2) is 48.5 Å². The molecule has 138 valence electrons. The Hall–Kier alpha value is -2.55. The molecule has 0 saturated carbocycles. The van der Waals surface area contributed by atoms with Gasteiger partial charge >= 0.3 is 0 Å². The second-order valence-corrected chi connectivity index (χ2v) is 7.55. The third-order valence-electron chi connectivity index (χ3n) is 4.54. The predicted molar refractivity (Wildman–Crippen MR) is 101 cm³/mol. The molecule has 2 aromatic rings. The Labute approximate surface area is 163 Å². The zero-order chi connectivity index (χ0) is 19.2. The van der Waals surface area contributed by atoms with Crippen molar-refractivity contribution < 1.29 is 19.5 Å². The van der Waals surface area contributed by atoms with Gasteiger partial charge in [0.1, 0.15) is 6.73 Å². The molecule has 2 heterocycles. The van der Waals surface area contributed by atoms with Gasteiger partial charge in [0, 0.05) is 5.56 Å². The molecule has 4 rings (SSSR count). The van der Waals surface area contributed by atoms with Crippen molar-refractivity contribution in [3.8, 4) is 0 Å². The lowest BCUT2D eigenvalue weighted by Crippen LogP contribution is -2.57. The summed E-state index contributed by atoms with van der Waals surface area (Å²) in [6, 6.07) is 13.3. The van der Waals surface area contributed by atoms with Crippen molar-refractivity contribution in [2.75, 3.05) is 17.4 Å². The van der Waals surface area contributed by atoms with Gasteiger partial charge in [-0.1, -0.05) is 41.9 Å². The number of thioether (sulfide) groups is 1. The van der Waals surface area contributed by atoms with Crippen LogP contribution in [0.1, 0.15) is 15.9 Å². The second kappa shape index (κ2) is 6.56. The smallest absolute Gasteiger partial charge is 0.272 e. The summed E-state index contributed by atoms with van der Waals surface area (Å²) < 4.78 is 0. The molecule has 0 bridgehead atoms. The van der Waals surface area contributed by atoms with E-state index in [1.165, 1.54) is 11.0 Å². The summed E-state index contributed by atoms with van der Waals surface area (Å²) in [5.74, 6) is -1.48. The van der Waals surface area contributed by atoms with Crippen molar-refractivity contribution in [1.29, 1.82) is 0 Å². The van der Waals surface area contributed by atoms with E-state index in [0.29, 0.717) is 11.3 Å². The number of benzene rings is 2. The molecule has 1 atom stereocenters. The molecule has 2 aromatic carbocycles. The Morgan fingerprint density at radius 3 is 2.63 bits per heavy atom. The summed E-state index contributed by atoms with van der Waals surface area (Å²) >= 11 is 7.18. The Bertz CT molecular complexity index is 969. The first-order chi connectivity index (χ1) is 13.0. The molecule has 1 saturated heterocycles. The average molecular weight is 404 g/mol. The normalized spacial score (nSPS) is 21.1. The van der Waals surface area contributed by atoms with Crippen LogP contribution >= 0.6 is 23.4 Å². The van der Waals surface area contributed by atoms with Gasteiger partial charge in [-0.15, -0.1) is 11.8 Å². The van der Waals surface area contributed by atoms with Crippen molar-refractivity contribution in [1.82, 2.24) is 10.4 Å². The van der Waals surface area contributed by atoms with Crippen LogP contribution in [-0.4, -0.2) is 40.3 Å². The zero-order valence-corrected chi connectivity index (χ0v) is 15.5. The largest absolute Gasteiger partial charge is 0.376 e. The van der Waals surface area contributed by atoms with Gasteiger partial charge in [-0.25, -0.2) is 5.01 Å². The minimum absolute atomic E-state index is 0.0160. The first-order valence-electron chi connectivity index (χ1n) is 8.05. The minimum Gasteiger partial charge on any atom is -0.376 e. The van der Waals surface area contributed by atoms with Crippen LogP contribution in [0.3, 0.4) is 0 Å². The standard InChI is InChI=1S/C18H14ClN3O4S/c19-13-7-3-1-5-11(13)16(25)20-22-15(24)9-27-18(22)12-6-2-4-8-14(12)21(10-23)17(18)26/h1-8,23H,9-10H2,(H,20,25). The number of aliphatic hydroxyl groups excluding tert-OH is 1. The van der Waals surface area contributed by atoms with E-state index < -0.39 is 29.3 Å². The highest BCUT2D eigenvalue weighted by Gasteiger charge is 2.61. The number of nitrogens with zero attached hydrogens (tertiary/aromatic N) is 2. The van der Waals surface area contributed by atoms with Crippen LogP contribution in [0.2, 0.25) is 5.02 Å². The van der Waals surface area contributed by atoms with E-state index in [2.05, 4.69) is 5.43 Å². The fourth-order valence-electron chi connectivity index (χ4n) is 3.32. The Morgan fingerprint density at radius 2 is 1.89 bits per heavy atom. The summed E-state index contributed by atoms with van der Waals surface area (Å²) in [4.78, 5) is 38.1. The number of hydrazine groups is 1. The van der Waals surface area contributed by atoms with E-state index in [0.717, 1.165) is 16.8 Å². The molecule has 1 fully saturated rings. The summed E-state index contributed by atoms with van der Waals surface area (Å²) in [5.41, 5.74) is 3.78. The summed E-state index contributed by atoms with van der Waals surface area (Å²) in [6.07, 6.45) is 0.